The zero-order valence-corrected chi connectivity index (χ0v) is 11.7. The zero-order valence-electron chi connectivity index (χ0n) is 9.54. The van der Waals surface area contributed by atoms with E-state index in [2.05, 4.69) is 13.0 Å². The molecule has 0 saturated carbocycles. The van der Waals surface area contributed by atoms with Crippen molar-refractivity contribution in [1.82, 2.24) is 0 Å². The first kappa shape index (κ1) is 11.9. The minimum atomic E-state index is 0.0266. The van der Waals surface area contributed by atoms with Gasteiger partial charge in [-0.25, -0.2) is 0 Å². The summed E-state index contributed by atoms with van der Waals surface area (Å²) < 4.78 is 12.8. The van der Waals surface area contributed by atoms with E-state index in [1.54, 1.807) is 5.57 Å². The maximum absolute atomic E-state index is 5.54. The molecule has 2 aliphatic rings. The Bertz CT molecular complexity index is 232. The standard InChI is InChI=1S/C12H20IO2/c1-9-3-5-11(6-4-9)13-12-7-14-10(2)15-8-12/h3,10-12H,4-8H2,1-2H3/q-1. The van der Waals surface area contributed by atoms with Crippen LogP contribution in [0.25, 0.3) is 0 Å². The van der Waals surface area contributed by atoms with Crippen LogP contribution in [-0.2, 0) is 9.47 Å². The first-order chi connectivity index (χ1) is 7.24. The third-order valence-corrected chi connectivity index (χ3v) is 6.84. The monoisotopic (exact) mass is 323 g/mol. The van der Waals surface area contributed by atoms with E-state index in [1.165, 1.54) is 19.3 Å². The fourth-order valence-electron chi connectivity index (χ4n) is 1.95. The molecule has 1 saturated heterocycles. The Balaban J connectivity index is 1.73. The summed E-state index contributed by atoms with van der Waals surface area (Å²) >= 11 is 0.249. The first-order valence-electron chi connectivity index (χ1n) is 5.75. The summed E-state index contributed by atoms with van der Waals surface area (Å²) in [6, 6.07) is 0. The van der Waals surface area contributed by atoms with Gasteiger partial charge in [0.1, 0.15) is 0 Å². The Hall–Kier alpha value is 0.390. The van der Waals surface area contributed by atoms with E-state index in [1.807, 2.05) is 6.92 Å². The van der Waals surface area contributed by atoms with Gasteiger partial charge in [0.25, 0.3) is 0 Å². The van der Waals surface area contributed by atoms with Gasteiger partial charge in [0, 0.05) is 0 Å². The van der Waals surface area contributed by atoms with Crippen LogP contribution >= 0.6 is 0 Å². The molecule has 0 N–H and O–H groups in total. The van der Waals surface area contributed by atoms with Gasteiger partial charge >= 0.3 is 103 Å². The van der Waals surface area contributed by atoms with E-state index in [9.17, 15) is 0 Å². The second-order valence-electron chi connectivity index (χ2n) is 4.38. The Morgan fingerprint density at radius 2 is 2.00 bits per heavy atom. The SMILES string of the molecule is CC1=CCC([I-]C2COC(C)OC2)CC1. The van der Waals surface area contributed by atoms with E-state index in [0.717, 1.165) is 21.1 Å². The Kier molecular flexibility index (Phi) is 4.46. The minimum absolute atomic E-state index is 0.0266. The van der Waals surface area contributed by atoms with Gasteiger partial charge in [-0.3, -0.25) is 0 Å². The second kappa shape index (κ2) is 5.64. The van der Waals surface area contributed by atoms with Crippen LogP contribution < -0.4 is 21.2 Å². The van der Waals surface area contributed by atoms with Gasteiger partial charge < -0.3 is 0 Å². The van der Waals surface area contributed by atoms with Crippen LogP contribution in [0.3, 0.4) is 0 Å². The molecule has 0 spiro atoms. The first-order valence-corrected chi connectivity index (χ1v) is 8.24. The molecule has 2 rings (SSSR count). The molecule has 1 heterocycles. The van der Waals surface area contributed by atoms with Crippen LogP contribution in [0.1, 0.15) is 33.1 Å². The Morgan fingerprint density at radius 1 is 1.27 bits per heavy atom. The summed E-state index contributed by atoms with van der Waals surface area (Å²) in [5.74, 6) is 0. The summed E-state index contributed by atoms with van der Waals surface area (Å²) in [6.07, 6.45) is 6.49. The molecule has 0 aromatic heterocycles. The number of halogens is 1. The van der Waals surface area contributed by atoms with Crippen molar-refractivity contribution in [2.75, 3.05) is 13.2 Å². The second-order valence-corrected chi connectivity index (χ2v) is 8.62. The molecule has 1 aliphatic heterocycles. The summed E-state index contributed by atoms with van der Waals surface area (Å²) in [5, 5.41) is 0. The van der Waals surface area contributed by atoms with Gasteiger partial charge in [-0.05, 0) is 0 Å². The van der Waals surface area contributed by atoms with Crippen molar-refractivity contribution in [1.29, 1.82) is 0 Å². The van der Waals surface area contributed by atoms with Crippen molar-refractivity contribution >= 4 is 0 Å². The molecule has 3 heteroatoms. The van der Waals surface area contributed by atoms with Gasteiger partial charge in [0.2, 0.25) is 0 Å². The average molecular weight is 323 g/mol. The van der Waals surface area contributed by atoms with Crippen LogP contribution in [0.5, 0.6) is 0 Å². The number of hydrogen-bond donors (Lipinski definition) is 0. The molecule has 1 fully saturated rings. The van der Waals surface area contributed by atoms with E-state index in [-0.39, 0.29) is 27.5 Å². The number of alkyl halides is 2. The molecule has 15 heavy (non-hydrogen) atoms. The van der Waals surface area contributed by atoms with Gasteiger partial charge in [-0.15, -0.1) is 0 Å². The molecule has 1 unspecified atom stereocenters. The van der Waals surface area contributed by atoms with Crippen molar-refractivity contribution in [2.24, 2.45) is 0 Å². The van der Waals surface area contributed by atoms with Crippen LogP contribution in [0.4, 0.5) is 0 Å². The van der Waals surface area contributed by atoms with E-state index < -0.39 is 0 Å². The third kappa shape index (κ3) is 3.71. The van der Waals surface area contributed by atoms with Crippen LogP contribution in [-0.4, -0.2) is 27.4 Å². The van der Waals surface area contributed by atoms with Crippen molar-refractivity contribution in [3.63, 3.8) is 0 Å². The summed E-state index contributed by atoms with van der Waals surface area (Å²) in [5.41, 5.74) is 1.58. The Morgan fingerprint density at radius 3 is 2.60 bits per heavy atom. The molecule has 2 nitrogen and oxygen atoms in total. The van der Waals surface area contributed by atoms with Crippen LogP contribution in [0, 0.1) is 0 Å². The fourth-order valence-corrected chi connectivity index (χ4v) is 5.44. The van der Waals surface area contributed by atoms with Gasteiger partial charge in [-0.1, -0.05) is 0 Å². The molecule has 0 amide bonds. The third-order valence-electron chi connectivity index (χ3n) is 2.95. The van der Waals surface area contributed by atoms with Gasteiger partial charge in [0.05, 0.1) is 0 Å². The van der Waals surface area contributed by atoms with Crippen molar-refractivity contribution in [3.05, 3.63) is 11.6 Å². The fraction of sp³-hybridized carbons (Fsp3) is 0.833. The predicted molar refractivity (Wildman–Crippen MR) is 56.6 cm³/mol. The molecule has 0 aromatic carbocycles. The summed E-state index contributed by atoms with van der Waals surface area (Å²) in [4.78, 5) is 0. The topological polar surface area (TPSA) is 18.5 Å². The number of allylic oxidation sites excluding steroid dienone is 2. The molecular formula is C12H20IO2-. The summed E-state index contributed by atoms with van der Waals surface area (Å²) in [7, 11) is 0. The van der Waals surface area contributed by atoms with Crippen LogP contribution in [0.2, 0.25) is 0 Å². The predicted octanol–water partition coefficient (Wildman–Crippen LogP) is -0.664. The summed E-state index contributed by atoms with van der Waals surface area (Å²) in [6.45, 7) is 6.12. The number of hydrogen-bond acceptors (Lipinski definition) is 2. The molecule has 0 bridgehead atoms. The zero-order chi connectivity index (χ0) is 10.7. The van der Waals surface area contributed by atoms with Gasteiger partial charge in [0.15, 0.2) is 0 Å². The van der Waals surface area contributed by atoms with E-state index in [4.69, 9.17) is 9.47 Å². The maximum atomic E-state index is 5.54. The molecule has 0 aromatic rings. The molecular weight excluding hydrogens is 303 g/mol. The van der Waals surface area contributed by atoms with Crippen LogP contribution in [0.15, 0.2) is 11.6 Å². The number of ether oxygens (including phenoxy) is 2. The Labute approximate surface area is 103 Å². The molecule has 1 aliphatic carbocycles. The molecule has 0 radical (unpaired) electrons. The van der Waals surface area contributed by atoms with Crippen molar-refractivity contribution in [2.45, 2.75) is 47.2 Å². The quantitative estimate of drug-likeness (QED) is 0.382. The molecule has 88 valence electrons. The van der Waals surface area contributed by atoms with Gasteiger partial charge in [-0.2, -0.15) is 0 Å². The average Bonchev–Trinajstić information content (AvgIpc) is 2.25. The number of rotatable bonds is 2. The molecule has 1 atom stereocenters. The van der Waals surface area contributed by atoms with E-state index >= 15 is 0 Å². The van der Waals surface area contributed by atoms with E-state index in [0.29, 0.717) is 0 Å². The normalized spacial score (nSPS) is 37.7. The van der Waals surface area contributed by atoms with Crippen molar-refractivity contribution < 1.29 is 30.7 Å². The van der Waals surface area contributed by atoms with Crippen molar-refractivity contribution in [3.8, 4) is 0 Å².